The van der Waals surface area contributed by atoms with Crippen molar-refractivity contribution in [1.29, 1.82) is 0 Å². The van der Waals surface area contributed by atoms with Crippen molar-refractivity contribution in [3.05, 3.63) is 0 Å². The van der Waals surface area contributed by atoms with Gasteiger partial charge in [-0.25, -0.2) is 4.79 Å². The molecule has 0 aromatic rings. The van der Waals surface area contributed by atoms with E-state index in [0.29, 0.717) is 13.0 Å². The van der Waals surface area contributed by atoms with Crippen LogP contribution in [0.15, 0.2) is 0 Å². The molecule has 1 rings (SSSR count). The molecule has 0 aromatic carbocycles. The monoisotopic (exact) mass is 184 g/mol. The second-order valence-electron chi connectivity index (χ2n) is 3.01. The quantitative estimate of drug-likeness (QED) is 0.619. The Morgan fingerprint density at radius 1 is 1.38 bits per heavy atom. The van der Waals surface area contributed by atoms with Gasteiger partial charge in [0.1, 0.15) is 5.92 Å². The molecule has 13 heavy (non-hydrogen) atoms. The van der Waals surface area contributed by atoms with Crippen molar-refractivity contribution in [2.45, 2.75) is 20.3 Å². The van der Waals surface area contributed by atoms with Gasteiger partial charge < -0.3 is 0 Å². The van der Waals surface area contributed by atoms with Crippen LogP contribution >= 0.6 is 0 Å². The van der Waals surface area contributed by atoms with Gasteiger partial charge in [-0.15, -0.1) is 0 Å². The first-order chi connectivity index (χ1) is 6.07. The van der Waals surface area contributed by atoms with Crippen LogP contribution in [0.1, 0.15) is 20.3 Å². The summed E-state index contributed by atoms with van der Waals surface area (Å²) >= 11 is 0. The molecule has 1 fully saturated rings. The predicted octanol–water partition coefficient (Wildman–Crippen LogP) is 0.111. The van der Waals surface area contributed by atoms with E-state index in [4.69, 9.17) is 0 Å². The minimum Gasteiger partial charge on any atom is -0.277 e. The molecule has 0 saturated carbocycles. The Hall–Kier alpha value is -1.39. The van der Waals surface area contributed by atoms with Gasteiger partial charge in [0.25, 0.3) is 0 Å². The molecule has 1 heterocycles. The van der Waals surface area contributed by atoms with Crippen molar-refractivity contribution in [3.8, 4) is 0 Å². The Bertz CT molecular complexity index is 262. The van der Waals surface area contributed by atoms with Crippen LogP contribution in [0.3, 0.4) is 0 Å². The van der Waals surface area contributed by atoms with Crippen LogP contribution in [0.25, 0.3) is 0 Å². The molecule has 0 aliphatic carbocycles. The third-order valence-corrected chi connectivity index (χ3v) is 1.95. The molecule has 5 nitrogen and oxygen atoms in total. The normalized spacial score (nSPS) is 23.4. The SMILES string of the molecule is CCCN1C(=O)NC(=O)C(C)C1=O. The number of urea groups is 1. The van der Waals surface area contributed by atoms with Gasteiger partial charge in [-0.2, -0.15) is 0 Å². The van der Waals surface area contributed by atoms with E-state index in [0.717, 1.165) is 4.90 Å². The summed E-state index contributed by atoms with van der Waals surface area (Å²) in [7, 11) is 0. The number of amides is 4. The number of hydrogen-bond donors (Lipinski definition) is 1. The zero-order valence-corrected chi connectivity index (χ0v) is 7.66. The number of nitrogens with one attached hydrogen (secondary N) is 1. The van der Waals surface area contributed by atoms with Crippen molar-refractivity contribution < 1.29 is 14.4 Å². The zero-order chi connectivity index (χ0) is 10.0. The number of rotatable bonds is 2. The molecule has 1 aliphatic rings. The summed E-state index contributed by atoms with van der Waals surface area (Å²) in [5, 5.41) is 2.12. The van der Waals surface area contributed by atoms with E-state index in [1.807, 2.05) is 6.92 Å². The number of hydrogen-bond acceptors (Lipinski definition) is 3. The number of imide groups is 2. The molecule has 1 unspecified atom stereocenters. The van der Waals surface area contributed by atoms with Crippen LogP contribution in [-0.2, 0) is 9.59 Å². The average Bonchev–Trinajstić information content (AvgIpc) is 2.09. The molecule has 4 amide bonds. The lowest BCUT2D eigenvalue weighted by molar-refractivity contribution is -0.141. The highest BCUT2D eigenvalue weighted by Gasteiger charge is 2.36. The molecule has 0 spiro atoms. The standard InChI is InChI=1S/C8H12N2O3/c1-3-4-10-7(12)5(2)6(11)9-8(10)13/h5H,3-4H2,1-2H3,(H,9,11,13). The smallest absolute Gasteiger partial charge is 0.277 e. The van der Waals surface area contributed by atoms with E-state index in [1.165, 1.54) is 6.92 Å². The Morgan fingerprint density at radius 3 is 2.54 bits per heavy atom. The topological polar surface area (TPSA) is 66.5 Å². The van der Waals surface area contributed by atoms with Crippen LogP contribution < -0.4 is 5.32 Å². The number of carbonyl (C=O) groups is 3. The lowest BCUT2D eigenvalue weighted by atomic mass is 10.1. The highest BCUT2D eigenvalue weighted by Crippen LogP contribution is 2.09. The van der Waals surface area contributed by atoms with Crippen LogP contribution in [-0.4, -0.2) is 29.3 Å². The summed E-state index contributed by atoms with van der Waals surface area (Å²) in [6, 6.07) is -0.602. The van der Waals surface area contributed by atoms with E-state index in [1.54, 1.807) is 0 Å². The maximum atomic E-state index is 11.4. The van der Waals surface area contributed by atoms with Gasteiger partial charge in [0, 0.05) is 6.54 Å². The predicted molar refractivity (Wildman–Crippen MR) is 44.7 cm³/mol. The first-order valence-electron chi connectivity index (χ1n) is 4.24. The molecular formula is C8H12N2O3. The van der Waals surface area contributed by atoms with Crippen molar-refractivity contribution >= 4 is 17.8 Å². The lowest BCUT2D eigenvalue weighted by Crippen LogP contribution is -2.57. The first-order valence-corrected chi connectivity index (χ1v) is 4.24. The summed E-state index contributed by atoms with van der Waals surface area (Å²) in [6.45, 7) is 3.72. The molecule has 0 aromatic heterocycles. The molecule has 72 valence electrons. The van der Waals surface area contributed by atoms with Gasteiger partial charge in [-0.3, -0.25) is 19.8 Å². The van der Waals surface area contributed by atoms with E-state index >= 15 is 0 Å². The number of nitrogens with zero attached hydrogens (tertiary/aromatic N) is 1. The first kappa shape index (κ1) is 9.70. The molecule has 0 radical (unpaired) electrons. The second kappa shape index (κ2) is 3.55. The number of barbiturate groups is 1. The van der Waals surface area contributed by atoms with E-state index < -0.39 is 23.8 Å². The molecular weight excluding hydrogens is 172 g/mol. The van der Waals surface area contributed by atoms with Gasteiger partial charge in [-0.05, 0) is 13.3 Å². The zero-order valence-electron chi connectivity index (χ0n) is 7.66. The summed E-state index contributed by atoms with van der Waals surface area (Å²) in [4.78, 5) is 34.6. The maximum Gasteiger partial charge on any atom is 0.330 e. The highest BCUT2D eigenvalue weighted by atomic mass is 16.2. The summed E-state index contributed by atoms with van der Waals surface area (Å²) in [6.07, 6.45) is 0.695. The fourth-order valence-electron chi connectivity index (χ4n) is 1.16. The Kier molecular flexibility index (Phi) is 2.65. The van der Waals surface area contributed by atoms with Gasteiger partial charge in [0.05, 0.1) is 0 Å². The van der Waals surface area contributed by atoms with Gasteiger partial charge >= 0.3 is 6.03 Å². The van der Waals surface area contributed by atoms with Crippen LogP contribution in [0, 0.1) is 5.92 Å². The molecule has 0 bridgehead atoms. The summed E-state index contributed by atoms with van der Waals surface area (Å²) < 4.78 is 0. The number of carbonyl (C=O) groups excluding carboxylic acids is 3. The van der Waals surface area contributed by atoms with Crippen LogP contribution in [0.2, 0.25) is 0 Å². The molecule has 5 heteroatoms. The second-order valence-corrected chi connectivity index (χ2v) is 3.01. The van der Waals surface area contributed by atoms with Crippen molar-refractivity contribution in [1.82, 2.24) is 10.2 Å². The van der Waals surface area contributed by atoms with Gasteiger partial charge in [-0.1, -0.05) is 6.92 Å². The van der Waals surface area contributed by atoms with Gasteiger partial charge in [0.15, 0.2) is 0 Å². The Morgan fingerprint density at radius 2 is 2.00 bits per heavy atom. The third kappa shape index (κ3) is 1.68. The van der Waals surface area contributed by atoms with Crippen LogP contribution in [0.4, 0.5) is 4.79 Å². The largest absolute Gasteiger partial charge is 0.330 e. The molecule has 1 aliphatic heterocycles. The molecule has 1 atom stereocenters. The fourth-order valence-corrected chi connectivity index (χ4v) is 1.16. The summed E-state index contributed by atoms with van der Waals surface area (Å²) in [5.74, 6) is -1.66. The summed E-state index contributed by atoms with van der Waals surface area (Å²) in [5.41, 5.74) is 0. The van der Waals surface area contributed by atoms with Gasteiger partial charge in [0.2, 0.25) is 11.8 Å². The van der Waals surface area contributed by atoms with Crippen molar-refractivity contribution in [3.63, 3.8) is 0 Å². The third-order valence-electron chi connectivity index (χ3n) is 1.95. The highest BCUT2D eigenvalue weighted by molar-refractivity contribution is 6.15. The average molecular weight is 184 g/mol. The Balaban J connectivity index is 2.79. The van der Waals surface area contributed by atoms with E-state index in [2.05, 4.69) is 5.32 Å². The van der Waals surface area contributed by atoms with E-state index in [9.17, 15) is 14.4 Å². The maximum absolute atomic E-state index is 11.4. The minimum atomic E-state index is -0.746. The fraction of sp³-hybridized carbons (Fsp3) is 0.625. The lowest BCUT2D eigenvalue weighted by Gasteiger charge is -2.27. The van der Waals surface area contributed by atoms with Crippen molar-refractivity contribution in [2.24, 2.45) is 5.92 Å². The minimum absolute atomic E-state index is 0.363. The van der Waals surface area contributed by atoms with E-state index in [-0.39, 0.29) is 0 Å². The molecule has 1 saturated heterocycles. The molecule has 1 N–H and O–H groups in total. The van der Waals surface area contributed by atoms with Crippen LogP contribution in [0.5, 0.6) is 0 Å². The van der Waals surface area contributed by atoms with Crippen molar-refractivity contribution in [2.75, 3.05) is 6.54 Å². The Labute approximate surface area is 76.1 Å².